The zero-order valence-electron chi connectivity index (χ0n) is 13.5. The van der Waals surface area contributed by atoms with E-state index in [2.05, 4.69) is 15.4 Å². The van der Waals surface area contributed by atoms with E-state index < -0.39 is 11.9 Å². The third kappa shape index (κ3) is 4.24. The summed E-state index contributed by atoms with van der Waals surface area (Å²) in [6, 6.07) is 2.97. The van der Waals surface area contributed by atoms with Gasteiger partial charge in [0.2, 0.25) is 0 Å². The summed E-state index contributed by atoms with van der Waals surface area (Å²) in [5, 5.41) is 17.2. The van der Waals surface area contributed by atoms with Gasteiger partial charge in [-0.3, -0.25) is 0 Å². The Morgan fingerprint density at radius 3 is 2.64 bits per heavy atom. The predicted molar refractivity (Wildman–Crippen MR) is 88.3 cm³/mol. The molecule has 0 aliphatic heterocycles. The van der Waals surface area contributed by atoms with Crippen molar-refractivity contribution in [2.75, 3.05) is 5.32 Å². The number of pyridine rings is 1. The third-order valence-electron chi connectivity index (χ3n) is 4.42. The minimum Gasteiger partial charge on any atom is -0.390 e. The molecule has 0 aromatic carbocycles. The molecule has 0 amide bonds. The van der Waals surface area contributed by atoms with Crippen molar-refractivity contribution in [2.45, 2.75) is 50.6 Å². The normalized spacial score (nSPS) is 24.3. The molecule has 0 atom stereocenters. The maximum Gasteiger partial charge on any atom is 0.504 e. The van der Waals surface area contributed by atoms with Crippen molar-refractivity contribution in [3.8, 4) is 11.3 Å². The summed E-state index contributed by atoms with van der Waals surface area (Å²) in [6.45, 7) is 1.81. The second kappa shape index (κ2) is 6.49. The quantitative estimate of drug-likeness (QED) is 0.791. The van der Waals surface area contributed by atoms with E-state index in [0.29, 0.717) is 24.1 Å². The van der Waals surface area contributed by atoms with Gasteiger partial charge in [-0.2, -0.15) is 9.78 Å². The number of hydrogen-bond acceptors (Lipinski definition) is 4. The highest BCUT2D eigenvalue weighted by molar-refractivity contribution is 6.29. The molecule has 1 saturated carbocycles. The van der Waals surface area contributed by atoms with Crippen molar-refractivity contribution in [3.63, 3.8) is 0 Å². The smallest absolute Gasteiger partial charge is 0.390 e. The fraction of sp³-hybridized carbons (Fsp3) is 0.500. The maximum absolute atomic E-state index is 12.8. The molecular weight excluding hydrogens is 357 g/mol. The molecule has 0 unspecified atom stereocenters. The Labute approximate surface area is 147 Å². The van der Waals surface area contributed by atoms with Gasteiger partial charge in [0.05, 0.1) is 11.3 Å². The van der Waals surface area contributed by atoms with Crippen molar-refractivity contribution in [3.05, 3.63) is 29.7 Å². The second-order valence-corrected chi connectivity index (χ2v) is 6.97. The van der Waals surface area contributed by atoms with Crippen molar-refractivity contribution in [2.24, 2.45) is 0 Å². The molecule has 0 spiro atoms. The molecule has 3 rings (SSSR count). The minimum absolute atomic E-state index is 0.0431. The Kier molecular flexibility index (Phi) is 4.68. The highest BCUT2D eigenvalue weighted by Crippen LogP contribution is 2.34. The van der Waals surface area contributed by atoms with Crippen LogP contribution in [0.3, 0.4) is 0 Å². The molecule has 9 heteroatoms. The summed E-state index contributed by atoms with van der Waals surface area (Å²) in [4.78, 5) is 3.96. The number of aromatic nitrogens is 3. The SMILES string of the molecule is CC1(O)CCC(Nc2cc(Cl)ncc2-c2ccn(C(F)(F)F)n2)CC1. The van der Waals surface area contributed by atoms with Gasteiger partial charge < -0.3 is 10.4 Å². The van der Waals surface area contributed by atoms with Gasteiger partial charge in [0.25, 0.3) is 0 Å². The molecule has 0 bridgehead atoms. The number of hydrogen-bond donors (Lipinski definition) is 2. The van der Waals surface area contributed by atoms with Crippen LogP contribution in [-0.4, -0.2) is 31.5 Å². The number of halogens is 4. The van der Waals surface area contributed by atoms with Gasteiger partial charge in [-0.05, 0) is 44.7 Å². The van der Waals surface area contributed by atoms with Gasteiger partial charge in [0, 0.05) is 29.7 Å². The summed E-state index contributed by atoms with van der Waals surface area (Å²) in [5.74, 6) is 0. The van der Waals surface area contributed by atoms with Crippen LogP contribution in [0.15, 0.2) is 24.5 Å². The van der Waals surface area contributed by atoms with E-state index in [1.54, 1.807) is 6.07 Å². The minimum atomic E-state index is -4.57. The molecule has 2 aromatic heterocycles. The van der Waals surface area contributed by atoms with Gasteiger partial charge in [-0.25, -0.2) is 4.98 Å². The Bertz CT molecular complexity index is 750. The summed E-state index contributed by atoms with van der Waals surface area (Å²) in [6.07, 6.45) is 0.522. The summed E-state index contributed by atoms with van der Waals surface area (Å²) < 4.78 is 38.2. The van der Waals surface area contributed by atoms with E-state index in [9.17, 15) is 18.3 Å². The van der Waals surface area contributed by atoms with E-state index >= 15 is 0 Å². The van der Waals surface area contributed by atoms with Crippen molar-refractivity contribution in [1.82, 2.24) is 14.8 Å². The van der Waals surface area contributed by atoms with E-state index in [1.165, 1.54) is 12.3 Å². The zero-order valence-corrected chi connectivity index (χ0v) is 14.3. The van der Waals surface area contributed by atoms with Crippen molar-refractivity contribution >= 4 is 17.3 Å². The number of aliphatic hydroxyl groups is 1. The standard InChI is InChI=1S/C16H18ClF3N4O/c1-15(25)5-2-10(3-6-15)22-13-8-14(17)21-9-11(13)12-4-7-24(23-12)16(18,19)20/h4,7-10,25H,2-3,5-6H2,1H3,(H,21,22). The Hall–Kier alpha value is -1.80. The molecule has 1 fully saturated rings. The predicted octanol–water partition coefficient (Wildman–Crippen LogP) is 4.18. The molecule has 1 aliphatic rings. The largest absolute Gasteiger partial charge is 0.504 e. The first kappa shape index (κ1) is 18.0. The maximum atomic E-state index is 12.8. The summed E-state index contributed by atoms with van der Waals surface area (Å²) >= 11 is 5.95. The van der Waals surface area contributed by atoms with Crippen LogP contribution in [0.4, 0.5) is 18.9 Å². The highest BCUT2D eigenvalue weighted by Gasteiger charge is 2.32. The molecule has 2 heterocycles. The molecule has 5 nitrogen and oxygen atoms in total. The fourth-order valence-electron chi connectivity index (χ4n) is 2.97. The molecule has 1 aliphatic carbocycles. The molecule has 2 aromatic rings. The van der Waals surface area contributed by atoms with Crippen LogP contribution in [0.25, 0.3) is 11.3 Å². The first-order chi connectivity index (χ1) is 11.6. The lowest BCUT2D eigenvalue weighted by Gasteiger charge is -2.34. The Morgan fingerprint density at radius 2 is 2.04 bits per heavy atom. The van der Waals surface area contributed by atoms with Crippen LogP contribution in [0, 0.1) is 0 Å². The second-order valence-electron chi connectivity index (χ2n) is 6.58. The summed E-state index contributed by atoms with van der Waals surface area (Å²) in [7, 11) is 0. The lowest BCUT2D eigenvalue weighted by atomic mass is 9.83. The third-order valence-corrected chi connectivity index (χ3v) is 4.62. The topological polar surface area (TPSA) is 63.0 Å². The number of anilines is 1. The van der Waals surface area contributed by atoms with E-state index in [4.69, 9.17) is 11.6 Å². The molecule has 0 saturated heterocycles. The van der Waals surface area contributed by atoms with Crippen molar-refractivity contribution in [1.29, 1.82) is 0 Å². The number of nitrogens with zero attached hydrogens (tertiary/aromatic N) is 3. The first-order valence-corrected chi connectivity index (χ1v) is 8.30. The van der Waals surface area contributed by atoms with Gasteiger partial charge in [-0.15, -0.1) is 13.2 Å². The average Bonchev–Trinajstić information content (AvgIpc) is 2.99. The number of nitrogens with one attached hydrogen (secondary N) is 1. The molecular formula is C16H18ClF3N4O. The molecule has 25 heavy (non-hydrogen) atoms. The fourth-order valence-corrected chi connectivity index (χ4v) is 3.12. The lowest BCUT2D eigenvalue weighted by Crippen LogP contribution is -2.35. The van der Waals surface area contributed by atoms with Crippen LogP contribution in [0.5, 0.6) is 0 Å². The van der Waals surface area contributed by atoms with Crippen LogP contribution < -0.4 is 5.32 Å². The molecule has 136 valence electrons. The van der Waals surface area contributed by atoms with Gasteiger partial charge in [-0.1, -0.05) is 11.6 Å². The zero-order chi connectivity index (χ0) is 18.2. The van der Waals surface area contributed by atoms with E-state index in [1.807, 2.05) is 6.92 Å². The summed E-state index contributed by atoms with van der Waals surface area (Å²) in [5.41, 5.74) is 0.526. The van der Waals surface area contributed by atoms with E-state index in [0.717, 1.165) is 19.0 Å². The number of alkyl halides is 3. The monoisotopic (exact) mass is 374 g/mol. The van der Waals surface area contributed by atoms with Crippen molar-refractivity contribution < 1.29 is 18.3 Å². The van der Waals surface area contributed by atoms with Crippen LogP contribution >= 0.6 is 11.6 Å². The molecule has 2 N–H and O–H groups in total. The first-order valence-electron chi connectivity index (χ1n) is 7.92. The molecule has 0 radical (unpaired) electrons. The Balaban J connectivity index is 1.85. The Morgan fingerprint density at radius 1 is 1.36 bits per heavy atom. The van der Waals surface area contributed by atoms with Gasteiger partial charge >= 0.3 is 6.30 Å². The van der Waals surface area contributed by atoms with Gasteiger partial charge in [0.1, 0.15) is 5.15 Å². The average molecular weight is 375 g/mol. The van der Waals surface area contributed by atoms with Crippen LogP contribution in [0.2, 0.25) is 5.15 Å². The highest BCUT2D eigenvalue weighted by atomic mass is 35.5. The van der Waals surface area contributed by atoms with Gasteiger partial charge in [0.15, 0.2) is 0 Å². The van der Waals surface area contributed by atoms with Crippen LogP contribution in [-0.2, 0) is 6.30 Å². The lowest BCUT2D eigenvalue weighted by molar-refractivity contribution is -0.212. The van der Waals surface area contributed by atoms with E-state index in [-0.39, 0.29) is 21.6 Å². The number of rotatable bonds is 3. The van der Waals surface area contributed by atoms with Crippen LogP contribution in [0.1, 0.15) is 32.6 Å².